The Hall–Kier alpha value is -0.680. The zero-order valence-electron chi connectivity index (χ0n) is 11.5. The summed E-state index contributed by atoms with van der Waals surface area (Å²) in [7, 11) is 2.10. The van der Waals surface area contributed by atoms with Gasteiger partial charge in [0.1, 0.15) is 5.82 Å². The maximum absolute atomic E-state index is 13.8. The van der Waals surface area contributed by atoms with Crippen molar-refractivity contribution in [3.8, 4) is 0 Å². The van der Waals surface area contributed by atoms with E-state index in [1.807, 2.05) is 6.92 Å². The van der Waals surface area contributed by atoms with Gasteiger partial charge >= 0.3 is 0 Å². The fourth-order valence-electron chi connectivity index (χ4n) is 2.49. The highest BCUT2D eigenvalue weighted by molar-refractivity contribution is 6.31. The molecule has 5 heteroatoms. The Morgan fingerprint density at radius 3 is 2.53 bits per heavy atom. The van der Waals surface area contributed by atoms with Gasteiger partial charge in [-0.3, -0.25) is 4.90 Å². The monoisotopic (exact) mass is 285 g/mol. The zero-order chi connectivity index (χ0) is 14.0. The molecule has 1 aromatic rings. The van der Waals surface area contributed by atoms with E-state index in [0.717, 1.165) is 26.2 Å². The number of rotatable bonds is 3. The van der Waals surface area contributed by atoms with E-state index in [2.05, 4.69) is 16.8 Å². The highest BCUT2D eigenvalue weighted by Gasteiger charge is 2.31. The second kappa shape index (κ2) is 5.75. The average molecular weight is 286 g/mol. The van der Waals surface area contributed by atoms with Crippen LogP contribution in [-0.4, -0.2) is 48.7 Å². The SMILES string of the molecule is CN1CCN(C(C)(N)Cc2c(F)cccc2Cl)CC1. The summed E-state index contributed by atoms with van der Waals surface area (Å²) in [6.07, 6.45) is 0.419. The number of hydrogen-bond acceptors (Lipinski definition) is 3. The second-order valence-corrected chi connectivity index (χ2v) is 5.93. The standard InChI is InChI=1S/C14H21ClFN3/c1-14(17,19-8-6-18(2)7-9-19)10-11-12(15)4-3-5-13(11)16/h3-5H,6-10,17H2,1-2H3. The van der Waals surface area contributed by atoms with E-state index in [4.69, 9.17) is 17.3 Å². The molecule has 0 radical (unpaired) electrons. The lowest BCUT2D eigenvalue weighted by molar-refractivity contribution is 0.0541. The summed E-state index contributed by atoms with van der Waals surface area (Å²) < 4.78 is 13.8. The molecule has 1 heterocycles. The van der Waals surface area contributed by atoms with Crippen molar-refractivity contribution in [2.24, 2.45) is 5.73 Å². The van der Waals surface area contributed by atoms with Crippen LogP contribution in [0.15, 0.2) is 18.2 Å². The summed E-state index contributed by atoms with van der Waals surface area (Å²) in [5.41, 5.74) is 6.32. The Labute approximate surface area is 119 Å². The highest BCUT2D eigenvalue weighted by atomic mass is 35.5. The van der Waals surface area contributed by atoms with Gasteiger partial charge in [0.2, 0.25) is 0 Å². The number of nitrogens with two attached hydrogens (primary N) is 1. The number of benzene rings is 1. The average Bonchev–Trinajstić information content (AvgIpc) is 2.35. The van der Waals surface area contributed by atoms with Crippen molar-refractivity contribution in [2.45, 2.75) is 19.0 Å². The van der Waals surface area contributed by atoms with Gasteiger partial charge in [-0.1, -0.05) is 17.7 Å². The lowest BCUT2D eigenvalue weighted by atomic mass is 9.99. The first kappa shape index (κ1) is 14.7. The van der Waals surface area contributed by atoms with Crippen LogP contribution in [0.1, 0.15) is 12.5 Å². The molecular formula is C14H21ClFN3. The van der Waals surface area contributed by atoms with Crippen molar-refractivity contribution in [2.75, 3.05) is 33.2 Å². The highest BCUT2D eigenvalue weighted by Crippen LogP contribution is 2.25. The van der Waals surface area contributed by atoms with Gasteiger partial charge in [-0.15, -0.1) is 0 Å². The van der Waals surface area contributed by atoms with Crippen LogP contribution in [0.4, 0.5) is 4.39 Å². The third-order valence-electron chi connectivity index (χ3n) is 3.82. The molecule has 1 fully saturated rings. The lowest BCUT2D eigenvalue weighted by Gasteiger charge is -2.43. The molecule has 1 saturated heterocycles. The van der Waals surface area contributed by atoms with Crippen LogP contribution in [0.3, 0.4) is 0 Å². The predicted octanol–water partition coefficient (Wildman–Crippen LogP) is 1.94. The first-order chi connectivity index (χ1) is 8.90. The minimum Gasteiger partial charge on any atom is -0.313 e. The summed E-state index contributed by atoms with van der Waals surface area (Å²) in [4.78, 5) is 4.47. The quantitative estimate of drug-likeness (QED) is 0.921. The number of likely N-dealkylation sites (N-methyl/N-ethyl adjacent to an activating group) is 1. The molecular weight excluding hydrogens is 265 g/mol. The Morgan fingerprint density at radius 1 is 1.32 bits per heavy atom. The van der Waals surface area contributed by atoms with Crippen LogP contribution in [0.25, 0.3) is 0 Å². The lowest BCUT2D eigenvalue weighted by Crippen LogP contribution is -2.61. The van der Waals surface area contributed by atoms with E-state index in [9.17, 15) is 4.39 Å². The Bertz CT molecular complexity index is 422. The first-order valence-electron chi connectivity index (χ1n) is 6.55. The Morgan fingerprint density at radius 2 is 1.95 bits per heavy atom. The van der Waals surface area contributed by atoms with Gasteiger partial charge in [0.25, 0.3) is 0 Å². The number of hydrogen-bond donors (Lipinski definition) is 1. The summed E-state index contributed by atoms with van der Waals surface area (Å²) in [6, 6.07) is 4.76. The van der Waals surface area contributed by atoms with Crippen molar-refractivity contribution in [3.05, 3.63) is 34.6 Å². The molecule has 2 N–H and O–H groups in total. The molecule has 1 aliphatic heterocycles. The fourth-order valence-corrected chi connectivity index (χ4v) is 2.72. The molecule has 0 spiro atoms. The third kappa shape index (κ3) is 3.45. The van der Waals surface area contributed by atoms with Crippen LogP contribution in [-0.2, 0) is 6.42 Å². The fraction of sp³-hybridized carbons (Fsp3) is 0.571. The maximum atomic E-state index is 13.8. The first-order valence-corrected chi connectivity index (χ1v) is 6.93. The van der Waals surface area contributed by atoms with Crippen molar-refractivity contribution in [1.82, 2.24) is 9.80 Å². The van der Waals surface area contributed by atoms with Gasteiger partial charge in [-0.2, -0.15) is 0 Å². The molecule has 1 atom stereocenters. The summed E-state index contributed by atoms with van der Waals surface area (Å²) in [5, 5.41) is 0.450. The van der Waals surface area contributed by atoms with E-state index < -0.39 is 5.66 Å². The van der Waals surface area contributed by atoms with E-state index in [1.165, 1.54) is 6.07 Å². The summed E-state index contributed by atoms with van der Waals surface area (Å²) >= 11 is 6.08. The molecule has 1 aromatic carbocycles. The molecule has 0 amide bonds. The number of piperazine rings is 1. The van der Waals surface area contributed by atoms with Gasteiger partial charge < -0.3 is 10.6 Å². The van der Waals surface area contributed by atoms with E-state index in [-0.39, 0.29) is 5.82 Å². The van der Waals surface area contributed by atoms with Crippen LogP contribution >= 0.6 is 11.6 Å². The molecule has 19 heavy (non-hydrogen) atoms. The molecule has 0 bridgehead atoms. The minimum absolute atomic E-state index is 0.279. The number of halogens is 2. The van der Waals surface area contributed by atoms with Crippen molar-refractivity contribution >= 4 is 11.6 Å². The molecule has 0 aromatic heterocycles. The van der Waals surface area contributed by atoms with Gasteiger partial charge in [0.05, 0.1) is 5.66 Å². The van der Waals surface area contributed by atoms with E-state index in [0.29, 0.717) is 17.0 Å². The third-order valence-corrected chi connectivity index (χ3v) is 4.18. The molecule has 1 aliphatic rings. The molecule has 3 nitrogen and oxygen atoms in total. The van der Waals surface area contributed by atoms with Gasteiger partial charge in [0, 0.05) is 43.2 Å². The zero-order valence-corrected chi connectivity index (χ0v) is 12.3. The summed E-state index contributed by atoms with van der Waals surface area (Å²) in [5.74, 6) is -0.279. The molecule has 0 saturated carbocycles. The normalized spacial score (nSPS) is 21.3. The van der Waals surface area contributed by atoms with Crippen LogP contribution in [0.5, 0.6) is 0 Å². The molecule has 0 aliphatic carbocycles. The van der Waals surface area contributed by atoms with E-state index in [1.54, 1.807) is 12.1 Å². The van der Waals surface area contributed by atoms with Gasteiger partial charge in [-0.25, -0.2) is 4.39 Å². The topological polar surface area (TPSA) is 32.5 Å². The number of nitrogens with zero attached hydrogens (tertiary/aromatic N) is 2. The van der Waals surface area contributed by atoms with Crippen LogP contribution in [0, 0.1) is 5.82 Å². The van der Waals surface area contributed by atoms with Gasteiger partial charge in [0.15, 0.2) is 0 Å². The smallest absolute Gasteiger partial charge is 0.128 e. The summed E-state index contributed by atoms with van der Waals surface area (Å²) in [6.45, 7) is 5.71. The van der Waals surface area contributed by atoms with Crippen molar-refractivity contribution < 1.29 is 4.39 Å². The second-order valence-electron chi connectivity index (χ2n) is 5.52. The molecule has 2 rings (SSSR count). The Kier molecular flexibility index (Phi) is 4.46. The largest absolute Gasteiger partial charge is 0.313 e. The van der Waals surface area contributed by atoms with Crippen molar-refractivity contribution in [3.63, 3.8) is 0 Å². The van der Waals surface area contributed by atoms with Gasteiger partial charge in [-0.05, 0) is 26.1 Å². The molecule has 1 unspecified atom stereocenters. The maximum Gasteiger partial charge on any atom is 0.128 e. The van der Waals surface area contributed by atoms with Crippen molar-refractivity contribution in [1.29, 1.82) is 0 Å². The predicted molar refractivity (Wildman–Crippen MR) is 76.8 cm³/mol. The van der Waals surface area contributed by atoms with Crippen LogP contribution < -0.4 is 5.73 Å². The minimum atomic E-state index is -0.576. The van der Waals surface area contributed by atoms with E-state index >= 15 is 0 Å². The van der Waals surface area contributed by atoms with Crippen LogP contribution in [0.2, 0.25) is 5.02 Å². The molecule has 106 valence electrons. The Balaban J connectivity index is 2.12.